The van der Waals surface area contributed by atoms with Gasteiger partial charge in [-0.15, -0.1) is 0 Å². The summed E-state index contributed by atoms with van der Waals surface area (Å²) in [5.41, 5.74) is 4.04. The second kappa shape index (κ2) is 8.02. The number of aryl methyl sites for hydroxylation is 1. The standard InChI is InChI=1S/C19H20N2O2S/c1-14-7-8-17-16(13-14)21-19(23-17)24-12-10-18(22)20-11-9-15-5-3-2-4-6-15/h2-8,13H,9-12H2,1H3,(H,20,22). The summed E-state index contributed by atoms with van der Waals surface area (Å²) >= 11 is 1.47. The van der Waals surface area contributed by atoms with Crippen molar-refractivity contribution in [3.05, 3.63) is 59.7 Å². The van der Waals surface area contributed by atoms with Gasteiger partial charge in [0.15, 0.2) is 5.58 Å². The summed E-state index contributed by atoms with van der Waals surface area (Å²) in [5, 5.41) is 3.57. The predicted octanol–water partition coefficient (Wildman–Crippen LogP) is 3.98. The van der Waals surface area contributed by atoms with E-state index in [0.717, 1.165) is 23.1 Å². The number of amides is 1. The van der Waals surface area contributed by atoms with Crippen LogP contribution in [0.2, 0.25) is 0 Å². The van der Waals surface area contributed by atoms with Gasteiger partial charge in [0.2, 0.25) is 5.91 Å². The van der Waals surface area contributed by atoms with Gasteiger partial charge >= 0.3 is 0 Å². The van der Waals surface area contributed by atoms with E-state index in [4.69, 9.17) is 4.42 Å². The van der Waals surface area contributed by atoms with Crippen LogP contribution in [0.4, 0.5) is 0 Å². The van der Waals surface area contributed by atoms with Crippen molar-refractivity contribution in [1.82, 2.24) is 10.3 Å². The maximum atomic E-state index is 11.9. The lowest BCUT2D eigenvalue weighted by Gasteiger charge is -2.04. The SMILES string of the molecule is Cc1ccc2oc(SCCC(=O)NCCc3ccccc3)nc2c1. The molecule has 0 unspecified atom stereocenters. The molecule has 3 rings (SSSR count). The third-order valence-corrected chi connectivity index (χ3v) is 4.49. The van der Waals surface area contributed by atoms with Gasteiger partial charge in [-0.3, -0.25) is 4.79 Å². The summed E-state index contributed by atoms with van der Waals surface area (Å²) < 4.78 is 5.66. The molecule has 0 aliphatic carbocycles. The lowest BCUT2D eigenvalue weighted by molar-refractivity contribution is -0.120. The molecule has 0 spiro atoms. The molecule has 3 aromatic rings. The van der Waals surface area contributed by atoms with Gasteiger partial charge in [-0.05, 0) is 36.6 Å². The van der Waals surface area contributed by atoms with Crippen LogP contribution in [0.25, 0.3) is 11.1 Å². The van der Waals surface area contributed by atoms with E-state index in [2.05, 4.69) is 22.4 Å². The number of carbonyl (C=O) groups is 1. The van der Waals surface area contributed by atoms with Gasteiger partial charge in [-0.1, -0.05) is 48.2 Å². The van der Waals surface area contributed by atoms with Gasteiger partial charge < -0.3 is 9.73 Å². The van der Waals surface area contributed by atoms with E-state index in [9.17, 15) is 4.79 Å². The van der Waals surface area contributed by atoms with E-state index in [-0.39, 0.29) is 5.91 Å². The fraction of sp³-hybridized carbons (Fsp3) is 0.263. The lowest BCUT2D eigenvalue weighted by atomic mass is 10.1. The minimum Gasteiger partial charge on any atom is -0.431 e. The summed E-state index contributed by atoms with van der Waals surface area (Å²) in [5.74, 6) is 0.716. The van der Waals surface area contributed by atoms with Crippen molar-refractivity contribution in [3.63, 3.8) is 0 Å². The van der Waals surface area contributed by atoms with Crippen molar-refractivity contribution in [3.8, 4) is 0 Å². The highest BCUT2D eigenvalue weighted by Gasteiger charge is 2.08. The molecule has 0 saturated heterocycles. The Morgan fingerprint density at radius 2 is 2.04 bits per heavy atom. The highest BCUT2D eigenvalue weighted by Crippen LogP contribution is 2.24. The molecule has 124 valence electrons. The number of nitrogens with zero attached hydrogens (tertiary/aromatic N) is 1. The molecule has 1 heterocycles. The first-order valence-corrected chi connectivity index (χ1v) is 9.00. The molecule has 0 aliphatic heterocycles. The maximum Gasteiger partial charge on any atom is 0.256 e. The Hall–Kier alpha value is -2.27. The summed E-state index contributed by atoms with van der Waals surface area (Å²) in [6.07, 6.45) is 1.31. The van der Waals surface area contributed by atoms with E-state index in [1.807, 2.05) is 43.3 Å². The van der Waals surface area contributed by atoms with Crippen molar-refractivity contribution >= 4 is 28.8 Å². The van der Waals surface area contributed by atoms with E-state index in [0.29, 0.717) is 23.9 Å². The number of benzene rings is 2. The topological polar surface area (TPSA) is 55.1 Å². The number of thioether (sulfide) groups is 1. The molecule has 2 aromatic carbocycles. The second-order valence-corrected chi connectivity index (χ2v) is 6.68. The highest BCUT2D eigenvalue weighted by molar-refractivity contribution is 7.99. The van der Waals surface area contributed by atoms with Gasteiger partial charge in [0.05, 0.1) is 0 Å². The number of oxazole rings is 1. The zero-order valence-corrected chi connectivity index (χ0v) is 14.4. The van der Waals surface area contributed by atoms with Gasteiger partial charge in [-0.2, -0.15) is 0 Å². The maximum absolute atomic E-state index is 11.9. The molecule has 0 bridgehead atoms. The Bertz CT molecular complexity index is 815. The quantitative estimate of drug-likeness (QED) is 0.661. The third kappa shape index (κ3) is 4.61. The first-order valence-electron chi connectivity index (χ1n) is 8.01. The van der Waals surface area contributed by atoms with Gasteiger partial charge in [-0.25, -0.2) is 4.98 Å². The average Bonchev–Trinajstić information content (AvgIpc) is 2.97. The molecule has 1 amide bonds. The first kappa shape index (κ1) is 16.6. The minimum absolute atomic E-state index is 0.0605. The molecule has 24 heavy (non-hydrogen) atoms. The van der Waals surface area contributed by atoms with Crippen LogP contribution in [-0.2, 0) is 11.2 Å². The van der Waals surface area contributed by atoms with Crippen LogP contribution in [0, 0.1) is 6.92 Å². The third-order valence-electron chi connectivity index (χ3n) is 3.66. The molecule has 0 aliphatic rings. The minimum atomic E-state index is 0.0605. The Balaban J connectivity index is 1.39. The zero-order valence-electron chi connectivity index (χ0n) is 13.6. The Morgan fingerprint density at radius 3 is 2.88 bits per heavy atom. The van der Waals surface area contributed by atoms with Crippen LogP contribution in [0.1, 0.15) is 17.5 Å². The van der Waals surface area contributed by atoms with Gasteiger partial charge in [0.25, 0.3) is 5.22 Å². The highest BCUT2D eigenvalue weighted by atomic mass is 32.2. The van der Waals surface area contributed by atoms with Crippen molar-refractivity contribution < 1.29 is 9.21 Å². The van der Waals surface area contributed by atoms with Gasteiger partial charge in [0.1, 0.15) is 5.52 Å². The molecule has 1 aromatic heterocycles. The summed E-state index contributed by atoms with van der Waals surface area (Å²) in [6.45, 7) is 2.69. The lowest BCUT2D eigenvalue weighted by Crippen LogP contribution is -2.25. The molecular formula is C19H20N2O2S. The van der Waals surface area contributed by atoms with Crippen LogP contribution in [0.15, 0.2) is 58.2 Å². The molecule has 0 fully saturated rings. The molecule has 0 atom stereocenters. The van der Waals surface area contributed by atoms with Crippen LogP contribution >= 0.6 is 11.8 Å². The number of fused-ring (bicyclic) bond motifs is 1. The van der Waals surface area contributed by atoms with Crippen molar-refractivity contribution in [1.29, 1.82) is 0 Å². The number of hydrogen-bond acceptors (Lipinski definition) is 4. The predicted molar refractivity (Wildman–Crippen MR) is 97.2 cm³/mol. The first-order chi connectivity index (χ1) is 11.7. The Labute approximate surface area is 145 Å². The van der Waals surface area contributed by atoms with Crippen molar-refractivity contribution in [2.45, 2.75) is 25.0 Å². The number of rotatable bonds is 7. The summed E-state index contributed by atoms with van der Waals surface area (Å²) in [6, 6.07) is 16.1. The fourth-order valence-electron chi connectivity index (χ4n) is 2.39. The summed E-state index contributed by atoms with van der Waals surface area (Å²) in [4.78, 5) is 16.3. The zero-order chi connectivity index (χ0) is 16.8. The molecule has 5 heteroatoms. The van der Waals surface area contributed by atoms with Crippen LogP contribution in [0.5, 0.6) is 0 Å². The molecule has 0 saturated carbocycles. The average molecular weight is 340 g/mol. The largest absolute Gasteiger partial charge is 0.431 e. The molecule has 0 radical (unpaired) electrons. The van der Waals surface area contributed by atoms with Gasteiger partial charge in [0, 0.05) is 18.7 Å². The molecule has 4 nitrogen and oxygen atoms in total. The second-order valence-electron chi connectivity index (χ2n) is 5.63. The van der Waals surface area contributed by atoms with Crippen LogP contribution in [-0.4, -0.2) is 23.2 Å². The normalized spacial score (nSPS) is 10.9. The molecular weight excluding hydrogens is 320 g/mol. The van der Waals surface area contributed by atoms with E-state index < -0.39 is 0 Å². The van der Waals surface area contributed by atoms with E-state index in [1.54, 1.807) is 0 Å². The molecule has 1 N–H and O–H groups in total. The smallest absolute Gasteiger partial charge is 0.256 e. The summed E-state index contributed by atoms with van der Waals surface area (Å²) in [7, 11) is 0. The van der Waals surface area contributed by atoms with Crippen molar-refractivity contribution in [2.24, 2.45) is 0 Å². The number of hydrogen-bond donors (Lipinski definition) is 1. The van der Waals surface area contributed by atoms with Crippen LogP contribution in [0.3, 0.4) is 0 Å². The Morgan fingerprint density at radius 1 is 1.21 bits per heavy atom. The van der Waals surface area contributed by atoms with E-state index >= 15 is 0 Å². The fourth-order valence-corrected chi connectivity index (χ4v) is 3.16. The van der Waals surface area contributed by atoms with E-state index in [1.165, 1.54) is 17.3 Å². The van der Waals surface area contributed by atoms with Crippen LogP contribution < -0.4 is 5.32 Å². The number of nitrogens with one attached hydrogen (secondary N) is 1. The van der Waals surface area contributed by atoms with Crippen molar-refractivity contribution in [2.75, 3.05) is 12.3 Å². The monoisotopic (exact) mass is 340 g/mol. The number of carbonyl (C=O) groups excluding carboxylic acids is 1. The number of aromatic nitrogens is 1. The Kier molecular flexibility index (Phi) is 5.54.